The second-order valence-corrected chi connectivity index (χ2v) is 5.88. The summed E-state index contributed by atoms with van der Waals surface area (Å²) in [5.41, 5.74) is 3.28. The van der Waals surface area contributed by atoms with Crippen LogP contribution in [0.15, 0.2) is 46.9 Å². The SMILES string of the molecule is CCc1ccc(OCc2ccccc2CC(=O)NC)c(Br)c1. The fraction of sp³-hybridized carbons (Fsp3) is 0.278. The van der Waals surface area contributed by atoms with Crippen molar-refractivity contribution in [1.82, 2.24) is 5.32 Å². The summed E-state index contributed by atoms with van der Waals surface area (Å²) >= 11 is 3.54. The highest BCUT2D eigenvalue weighted by Gasteiger charge is 2.08. The van der Waals surface area contributed by atoms with Gasteiger partial charge in [0, 0.05) is 7.05 Å². The summed E-state index contributed by atoms with van der Waals surface area (Å²) in [7, 11) is 1.65. The quantitative estimate of drug-likeness (QED) is 0.847. The van der Waals surface area contributed by atoms with Gasteiger partial charge in [0.05, 0.1) is 10.9 Å². The summed E-state index contributed by atoms with van der Waals surface area (Å²) < 4.78 is 6.85. The first kappa shape index (κ1) is 16.6. The molecule has 2 aromatic rings. The zero-order valence-corrected chi connectivity index (χ0v) is 14.4. The molecule has 0 unspecified atom stereocenters. The highest BCUT2D eigenvalue weighted by Crippen LogP contribution is 2.27. The number of hydrogen-bond donors (Lipinski definition) is 1. The molecule has 22 heavy (non-hydrogen) atoms. The largest absolute Gasteiger partial charge is 0.488 e. The summed E-state index contributed by atoms with van der Waals surface area (Å²) in [5, 5.41) is 2.65. The number of amides is 1. The van der Waals surface area contributed by atoms with Crippen LogP contribution in [0, 0.1) is 0 Å². The van der Waals surface area contributed by atoms with Crippen LogP contribution in [0.25, 0.3) is 0 Å². The molecule has 0 aromatic heterocycles. The molecule has 0 aliphatic carbocycles. The molecule has 1 amide bonds. The summed E-state index contributed by atoms with van der Waals surface area (Å²) in [6.07, 6.45) is 1.36. The van der Waals surface area contributed by atoms with Crippen LogP contribution in [0.1, 0.15) is 23.6 Å². The standard InChI is InChI=1S/C18H20BrNO2/c1-3-13-8-9-17(16(19)10-13)22-12-15-7-5-4-6-14(15)11-18(21)20-2/h4-10H,3,11-12H2,1-2H3,(H,20,21). The first-order valence-corrected chi connectivity index (χ1v) is 8.12. The molecular formula is C18H20BrNO2. The Bertz CT molecular complexity index is 655. The zero-order valence-electron chi connectivity index (χ0n) is 12.9. The van der Waals surface area contributed by atoms with Crippen molar-refractivity contribution in [1.29, 1.82) is 0 Å². The van der Waals surface area contributed by atoms with Gasteiger partial charge in [-0.25, -0.2) is 0 Å². The average Bonchev–Trinajstić information content (AvgIpc) is 2.54. The van der Waals surface area contributed by atoms with E-state index in [4.69, 9.17) is 4.74 Å². The van der Waals surface area contributed by atoms with Gasteiger partial charge in [-0.05, 0) is 51.2 Å². The highest BCUT2D eigenvalue weighted by molar-refractivity contribution is 9.10. The van der Waals surface area contributed by atoms with Gasteiger partial charge in [-0.3, -0.25) is 4.79 Å². The Hall–Kier alpha value is -1.81. The van der Waals surface area contributed by atoms with Crippen molar-refractivity contribution in [3.63, 3.8) is 0 Å². The molecule has 3 nitrogen and oxygen atoms in total. The summed E-state index contributed by atoms with van der Waals surface area (Å²) in [5.74, 6) is 0.813. The van der Waals surface area contributed by atoms with Crippen LogP contribution in [0.4, 0.5) is 0 Å². The Labute approximate surface area is 139 Å². The zero-order chi connectivity index (χ0) is 15.9. The third kappa shape index (κ3) is 4.34. The Morgan fingerprint density at radius 2 is 1.91 bits per heavy atom. The second-order valence-electron chi connectivity index (χ2n) is 5.03. The first-order valence-electron chi connectivity index (χ1n) is 7.32. The van der Waals surface area contributed by atoms with Crippen LogP contribution in [0.2, 0.25) is 0 Å². The van der Waals surface area contributed by atoms with Crippen LogP contribution in [0.3, 0.4) is 0 Å². The van der Waals surface area contributed by atoms with E-state index in [-0.39, 0.29) is 5.91 Å². The van der Waals surface area contributed by atoms with E-state index in [1.807, 2.05) is 30.3 Å². The van der Waals surface area contributed by atoms with E-state index < -0.39 is 0 Å². The molecule has 0 saturated heterocycles. The Morgan fingerprint density at radius 1 is 1.18 bits per heavy atom. The van der Waals surface area contributed by atoms with Crippen molar-refractivity contribution in [2.45, 2.75) is 26.4 Å². The number of halogens is 1. The molecule has 0 radical (unpaired) electrons. The second kappa shape index (κ2) is 7.99. The summed E-state index contributed by atoms with van der Waals surface area (Å²) in [6.45, 7) is 2.56. The molecule has 2 rings (SSSR count). The van der Waals surface area contributed by atoms with E-state index in [1.54, 1.807) is 7.05 Å². The number of rotatable bonds is 6. The monoisotopic (exact) mass is 361 g/mol. The van der Waals surface area contributed by atoms with Gasteiger partial charge in [0.15, 0.2) is 0 Å². The lowest BCUT2D eigenvalue weighted by Gasteiger charge is -2.12. The molecule has 0 atom stereocenters. The smallest absolute Gasteiger partial charge is 0.224 e. The van der Waals surface area contributed by atoms with Crippen molar-refractivity contribution in [2.24, 2.45) is 0 Å². The number of likely N-dealkylation sites (N-methyl/N-ethyl adjacent to an activating group) is 1. The number of ether oxygens (including phenoxy) is 1. The summed E-state index contributed by atoms with van der Waals surface area (Å²) in [4.78, 5) is 11.6. The molecule has 0 aliphatic rings. The number of hydrogen-bond acceptors (Lipinski definition) is 2. The van der Waals surface area contributed by atoms with Gasteiger partial charge in [0.1, 0.15) is 12.4 Å². The number of nitrogens with one attached hydrogen (secondary N) is 1. The minimum Gasteiger partial charge on any atom is -0.488 e. The third-order valence-corrected chi connectivity index (χ3v) is 4.16. The number of benzene rings is 2. The van der Waals surface area contributed by atoms with Crippen molar-refractivity contribution in [2.75, 3.05) is 7.05 Å². The molecule has 1 N–H and O–H groups in total. The Kier molecular flexibility index (Phi) is 6.01. The maximum absolute atomic E-state index is 11.6. The van der Waals surface area contributed by atoms with E-state index in [0.29, 0.717) is 13.0 Å². The van der Waals surface area contributed by atoms with Gasteiger partial charge in [-0.1, -0.05) is 37.3 Å². The number of carbonyl (C=O) groups is 1. The van der Waals surface area contributed by atoms with Crippen molar-refractivity contribution >= 4 is 21.8 Å². The van der Waals surface area contributed by atoms with Gasteiger partial charge < -0.3 is 10.1 Å². The van der Waals surface area contributed by atoms with Gasteiger partial charge in [0.25, 0.3) is 0 Å². The van der Waals surface area contributed by atoms with Gasteiger partial charge >= 0.3 is 0 Å². The topological polar surface area (TPSA) is 38.3 Å². The summed E-state index contributed by atoms with van der Waals surface area (Å²) in [6, 6.07) is 14.0. The number of aryl methyl sites for hydroxylation is 1. The van der Waals surface area contributed by atoms with Crippen LogP contribution < -0.4 is 10.1 Å². The molecule has 0 aliphatic heterocycles. The minimum absolute atomic E-state index is 0.000860. The van der Waals surface area contributed by atoms with Crippen LogP contribution >= 0.6 is 15.9 Å². The lowest BCUT2D eigenvalue weighted by molar-refractivity contribution is -0.119. The molecule has 0 fully saturated rings. The maximum Gasteiger partial charge on any atom is 0.224 e. The van der Waals surface area contributed by atoms with Crippen LogP contribution in [-0.4, -0.2) is 13.0 Å². The third-order valence-electron chi connectivity index (χ3n) is 3.54. The predicted octanol–water partition coefficient (Wildman–Crippen LogP) is 3.88. The maximum atomic E-state index is 11.6. The molecule has 4 heteroatoms. The van der Waals surface area contributed by atoms with E-state index in [1.165, 1.54) is 5.56 Å². The Balaban J connectivity index is 2.10. The fourth-order valence-electron chi connectivity index (χ4n) is 2.17. The number of carbonyl (C=O) groups excluding carboxylic acids is 1. The minimum atomic E-state index is 0.000860. The molecule has 0 saturated carbocycles. The highest BCUT2D eigenvalue weighted by atomic mass is 79.9. The molecule has 0 bridgehead atoms. The van der Waals surface area contributed by atoms with Crippen molar-refractivity contribution in [3.05, 3.63) is 63.6 Å². The molecular weight excluding hydrogens is 342 g/mol. The lowest BCUT2D eigenvalue weighted by Crippen LogP contribution is -2.20. The molecule has 0 spiro atoms. The van der Waals surface area contributed by atoms with Crippen molar-refractivity contribution < 1.29 is 9.53 Å². The molecule has 0 heterocycles. The van der Waals surface area contributed by atoms with E-state index >= 15 is 0 Å². The lowest BCUT2D eigenvalue weighted by atomic mass is 10.0. The first-order chi connectivity index (χ1) is 10.6. The average molecular weight is 362 g/mol. The normalized spacial score (nSPS) is 10.3. The molecule has 116 valence electrons. The predicted molar refractivity (Wildman–Crippen MR) is 92.1 cm³/mol. The van der Waals surface area contributed by atoms with Gasteiger partial charge in [-0.2, -0.15) is 0 Å². The van der Waals surface area contributed by atoms with Crippen LogP contribution in [0.5, 0.6) is 5.75 Å². The van der Waals surface area contributed by atoms with E-state index in [9.17, 15) is 4.79 Å². The fourth-order valence-corrected chi connectivity index (χ4v) is 2.71. The van der Waals surface area contributed by atoms with Gasteiger partial charge in [0.2, 0.25) is 5.91 Å². The van der Waals surface area contributed by atoms with Crippen LogP contribution in [-0.2, 0) is 24.2 Å². The Morgan fingerprint density at radius 3 is 2.55 bits per heavy atom. The van der Waals surface area contributed by atoms with E-state index in [0.717, 1.165) is 27.8 Å². The van der Waals surface area contributed by atoms with E-state index in [2.05, 4.69) is 40.3 Å². The van der Waals surface area contributed by atoms with Crippen molar-refractivity contribution in [3.8, 4) is 5.75 Å². The molecule has 2 aromatic carbocycles. The van der Waals surface area contributed by atoms with Gasteiger partial charge in [-0.15, -0.1) is 0 Å².